The van der Waals surface area contributed by atoms with Gasteiger partial charge in [0, 0.05) is 18.8 Å². The van der Waals surface area contributed by atoms with E-state index in [1.807, 2.05) is 0 Å². The number of hydrogen-bond acceptors (Lipinski definition) is 4. The zero-order chi connectivity index (χ0) is 11.3. The standard InChI is InChI=1S/C10H14N2O3/c1-3-15-10(14)9-8(5-4-6-13)7-12(2)11-9/h4-5,7,13H,3,6H2,1-2H3/b5-4+. The van der Waals surface area contributed by atoms with Crippen LogP contribution in [-0.2, 0) is 11.8 Å². The maximum absolute atomic E-state index is 11.4. The lowest BCUT2D eigenvalue weighted by Gasteiger charge is -1.98. The van der Waals surface area contributed by atoms with Gasteiger partial charge in [-0.15, -0.1) is 0 Å². The highest BCUT2D eigenvalue weighted by atomic mass is 16.5. The summed E-state index contributed by atoms with van der Waals surface area (Å²) in [4.78, 5) is 11.4. The van der Waals surface area contributed by atoms with E-state index in [-0.39, 0.29) is 12.3 Å². The molecule has 0 aliphatic carbocycles. The Morgan fingerprint density at radius 2 is 2.47 bits per heavy atom. The third-order valence-electron chi connectivity index (χ3n) is 1.73. The van der Waals surface area contributed by atoms with Gasteiger partial charge in [0.05, 0.1) is 13.2 Å². The van der Waals surface area contributed by atoms with Crippen molar-refractivity contribution >= 4 is 12.0 Å². The molecule has 0 atom stereocenters. The summed E-state index contributed by atoms with van der Waals surface area (Å²) in [6.45, 7) is 1.99. The molecule has 0 unspecified atom stereocenters. The van der Waals surface area contributed by atoms with Crippen molar-refractivity contribution in [3.8, 4) is 0 Å². The number of aryl methyl sites for hydroxylation is 1. The molecule has 1 aromatic heterocycles. The molecule has 0 saturated heterocycles. The number of ether oxygens (including phenoxy) is 1. The fourth-order valence-corrected chi connectivity index (χ4v) is 1.17. The first-order valence-electron chi connectivity index (χ1n) is 4.67. The quantitative estimate of drug-likeness (QED) is 0.739. The van der Waals surface area contributed by atoms with E-state index in [2.05, 4.69) is 5.10 Å². The van der Waals surface area contributed by atoms with Gasteiger partial charge in [0.15, 0.2) is 5.69 Å². The van der Waals surface area contributed by atoms with Gasteiger partial charge < -0.3 is 9.84 Å². The second-order valence-corrected chi connectivity index (χ2v) is 2.91. The van der Waals surface area contributed by atoms with Gasteiger partial charge in [-0.05, 0) is 6.92 Å². The molecule has 0 aliphatic heterocycles. The van der Waals surface area contributed by atoms with Crippen molar-refractivity contribution in [3.63, 3.8) is 0 Å². The van der Waals surface area contributed by atoms with Crippen LogP contribution in [0.1, 0.15) is 23.0 Å². The fraction of sp³-hybridized carbons (Fsp3) is 0.400. The maximum atomic E-state index is 11.4. The zero-order valence-electron chi connectivity index (χ0n) is 8.80. The predicted octanol–water partition coefficient (Wildman–Crippen LogP) is 0.602. The number of hydrogen-bond donors (Lipinski definition) is 1. The lowest BCUT2D eigenvalue weighted by atomic mass is 10.2. The van der Waals surface area contributed by atoms with Crippen molar-refractivity contribution in [3.05, 3.63) is 23.5 Å². The van der Waals surface area contributed by atoms with Crippen molar-refractivity contribution < 1.29 is 14.6 Å². The van der Waals surface area contributed by atoms with Crippen LogP contribution in [0, 0.1) is 0 Å². The van der Waals surface area contributed by atoms with E-state index in [0.717, 1.165) is 0 Å². The van der Waals surface area contributed by atoms with Crippen molar-refractivity contribution in [1.29, 1.82) is 0 Å². The number of aromatic nitrogens is 2. The first kappa shape index (κ1) is 11.5. The van der Waals surface area contributed by atoms with Gasteiger partial charge >= 0.3 is 5.97 Å². The summed E-state index contributed by atoms with van der Waals surface area (Å²) in [5, 5.41) is 12.6. The summed E-state index contributed by atoms with van der Waals surface area (Å²) >= 11 is 0. The molecule has 15 heavy (non-hydrogen) atoms. The van der Waals surface area contributed by atoms with Crippen LogP contribution in [0.5, 0.6) is 0 Å². The highest BCUT2D eigenvalue weighted by molar-refractivity contribution is 5.91. The predicted molar refractivity (Wildman–Crippen MR) is 55.3 cm³/mol. The average molecular weight is 210 g/mol. The van der Waals surface area contributed by atoms with Gasteiger partial charge in [-0.1, -0.05) is 12.2 Å². The molecule has 0 bridgehead atoms. The third-order valence-corrected chi connectivity index (χ3v) is 1.73. The van der Waals surface area contributed by atoms with Crippen LogP contribution in [0.2, 0.25) is 0 Å². The maximum Gasteiger partial charge on any atom is 0.359 e. The van der Waals surface area contributed by atoms with Crippen LogP contribution in [-0.4, -0.2) is 34.1 Å². The summed E-state index contributed by atoms with van der Waals surface area (Å²) in [5.41, 5.74) is 0.911. The first-order valence-corrected chi connectivity index (χ1v) is 4.67. The van der Waals surface area contributed by atoms with Gasteiger partial charge in [0.2, 0.25) is 0 Å². The Morgan fingerprint density at radius 1 is 1.73 bits per heavy atom. The molecule has 1 heterocycles. The van der Waals surface area contributed by atoms with E-state index in [1.54, 1.807) is 32.3 Å². The Balaban J connectivity index is 2.95. The monoisotopic (exact) mass is 210 g/mol. The highest BCUT2D eigenvalue weighted by Gasteiger charge is 2.14. The average Bonchev–Trinajstić information content (AvgIpc) is 2.57. The highest BCUT2D eigenvalue weighted by Crippen LogP contribution is 2.09. The van der Waals surface area contributed by atoms with E-state index in [0.29, 0.717) is 12.2 Å². The number of rotatable bonds is 4. The molecule has 0 saturated carbocycles. The van der Waals surface area contributed by atoms with Gasteiger partial charge in [-0.2, -0.15) is 5.10 Å². The molecule has 0 aromatic carbocycles. The van der Waals surface area contributed by atoms with Crippen LogP contribution in [0.4, 0.5) is 0 Å². The SMILES string of the molecule is CCOC(=O)c1nn(C)cc1/C=C/CO. The topological polar surface area (TPSA) is 64.3 Å². The summed E-state index contributed by atoms with van der Waals surface area (Å²) in [6, 6.07) is 0. The Bertz CT molecular complexity index is 369. The number of aliphatic hydroxyl groups is 1. The van der Waals surface area contributed by atoms with Crippen LogP contribution in [0.3, 0.4) is 0 Å². The Hall–Kier alpha value is -1.62. The minimum absolute atomic E-state index is 0.0723. The number of nitrogens with zero attached hydrogens (tertiary/aromatic N) is 2. The molecule has 1 rings (SSSR count). The molecule has 0 aliphatic rings. The van der Waals surface area contributed by atoms with Crippen LogP contribution >= 0.6 is 0 Å². The van der Waals surface area contributed by atoms with E-state index < -0.39 is 5.97 Å². The minimum atomic E-state index is -0.448. The lowest BCUT2D eigenvalue weighted by Crippen LogP contribution is -2.07. The van der Waals surface area contributed by atoms with Crippen molar-refractivity contribution in [2.45, 2.75) is 6.92 Å². The molecule has 0 radical (unpaired) electrons. The molecule has 82 valence electrons. The smallest absolute Gasteiger partial charge is 0.359 e. The zero-order valence-corrected chi connectivity index (χ0v) is 8.80. The third kappa shape index (κ3) is 2.92. The molecule has 5 nitrogen and oxygen atoms in total. The van der Waals surface area contributed by atoms with Gasteiger partial charge in [0.25, 0.3) is 0 Å². The lowest BCUT2D eigenvalue weighted by molar-refractivity contribution is 0.0518. The van der Waals surface area contributed by atoms with E-state index in [9.17, 15) is 4.79 Å². The molecule has 1 N–H and O–H groups in total. The second-order valence-electron chi connectivity index (χ2n) is 2.91. The molecular weight excluding hydrogens is 196 g/mol. The van der Waals surface area contributed by atoms with E-state index in [4.69, 9.17) is 9.84 Å². The number of carbonyl (C=O) groups is 1. The molecule has 0 amide bonds. The normalized spacial score (nSPS) is 10.9. The van der Waals surface area contributed by atoms with Crippen molar-refractivity contribution in [1.82, 2.24) is 9.78 Å². The van der Waals surface area contributed by atoms with Crippen LogP contribution < -0.4 is 0 Å². The van der Waals surface area contributed by atoms with Crippen molar-refractivity contribution in [2.24, 2.45) is 7.05 Å². The number of carbonyl (C=O) groups excluding carboxylic acids is 1. The van der Waals surface area contributed by atoms with Gasteiger partial charge in [-0.25, -0.2) is 4.79 Å². The van der Waals surface area contributed by atoms with E-state index >= 15 is 0 Å². The largest absolute Gasteiger partial charge is 0.461 e. The van der Waals surface area contributed by atoms with Gasteiger partial charge in [-0.3, -0.25) is 4.68 Å². The van der Waals surface area contributed by atoms with Gasteiger partial charge in [0.1, 0.15) is 0 Å². The first-order chi connectivity index (χ1) is 7.19. The Kier molecular flexibility index (Phi) is 4.05. The molecule has 0 spiro atoms. The molecule has 1 aromatic rings. The summed E-state index contributed by atoms with van der Waals surface area (Å²) in [5.74, 6) is -0.448. The fourth-order valence-electron chi connectivity index (χ4n) is 1.17. The summed E-state index contributed by atoms with van der Waals surface area (Å²) in [6.07, 6.45) is 4.87. The minimum Gasteiger partial charge on any atom is -0.461 e. The Morgan fingerprint density at radius 3 is 3.07 bits per heavy atom. The second kappa shape index (κ2) is 5.31. The van der Waals surface area contributed by atoms with E-state index in [1.165, 1.54) is 4.68 Å². The summed E-state index contributed by atoms with van der Waals surface area (Å²) in [7, 11) is 1.72. The molecule has 0 fully saturated rings. The number of esters is 1. The number of aliphatic hydroxyl groups excluding tert-OH is 1. The molecular formula is C10H14N2O3. The summed E-state index contributed by atoms with van der Waals surface area (Å²) < 4.78 is 6.38. The Labute approximate surface area is 88.0 Å². The van der Waals surface area contributed by atoms with Crippen LogP contribution in [0.15, 0.2) is 12.3 Å². The van der Waals surface area contributed by atoms with Crippen molar-refractivity contribution in [2.75, 3.05) is 13.2 Å². The van der Waals surface area contributed by atoms with Crippen LogP contribution in [0.25, 0.3) is 6.08 Å². The molecule has 5 heteroatoms.